The van der Waals surface area contributed by atoms with Gasteiger partial charge in [0, 0.05) is 5.57 Å². The summed E-state index contributed by atoms with van der Waals surface area (Å²) in [5, 5.41) is 9.20. The Bertz CT molecular complexity index is 410. The van der Waals surface area contributed by atoms with Crippen LogP contribution in [-0.2, 0) is 9.53 Å². The summed E-state index contributed by atoms with van der Waals surface area (Å²) in [4.78, 5) is 11.1. The third-order valence-corrected chi connectivity index (χ3v) is 1.94. The van der Waals surface area contributed by atoms with E-state index in [4.69, 9.17) is 5.73 Å². The molecule has 4 nitrogen and oxygen atoms in total. The number of phenols is 1. The van der Waals surface area contributed by atoms with Crippen LogP contribution in [0.2, 0.25) is 0 Å². The van der Waals surface area contributed by atoms with Gasteiger partial charge in [-0.05, 0) is 30.7 Å². The SMILES string of the molecule is COC(=O)C(C)=Cc1ccc(O)c(N)c1. The molecule has 15 heavy (non-hydrogen) atoms. The van der Waals surface area contributed by atoms with Crippen LogP contribution in [0.3, 0.4) is 0 Å². The maximum atomic E-state index is 11.1. The molecule has 4 heteroatoms. The van der Waals surface area contributed by atoms with E-state index in [1.807, 2.05) is 0 Å². The van der Waals surface area contributed by atoms with Crippen LogP contribution in [0.25, 0.3) is 6.08 Å². The molecular weight excluding hydrogens is 194 g/mol. The molecule has 1 rings (SSSR count). The molecule has 3 N–H and O–H groups in total. The fourth-order valence-corrected chi connectivity index (χ4v) is 1.13. The van der Waals surface area contributed by atoms with Gasteiger partial charge in [-0.2, -0.15) is 0 Å². The molecule has 0 heterocycles. The van der Waals surface area contributed by atoms with Crippen LogP contribution in [-0.4, -0.2) is 18.2 Å². The van der Waals surface area contributed by atoms with Crippen LogP contribution < -0.4 is 5.73 Å². The third-order valence-electron chi connectivity index (χ3n) is 1.94. The van der Waals surface area contributed by atoms with E-state index >= 15 is 0 Å². The quantitative estimate of drug-likeness (QED) is 0.334. The van der Waals surface area contributed by atoms with Crippen LogP contribution in [0.4, 0.5) is 5.69 Å². The van der Waals surface area contributed by atoms with Gasteiger partial charge in [-0.15, -0.1) is 0 Å². The Balaban J connectivity index is 2.98. The second kappa shape index (κ2) is 4.50. The van der Waals surface area contributed by atoms with Crippen molar-refractivity contribution in [3.63, 3.8) is 0 Å². The molecular formula is C11H13NO3. The molecule has 0 radical (unpaired) electrons. The molecule has 0 saturated heterocycles. The minimum atomic E-state index is -0.387. The second-order valence-electron chi connectivity index (χ2n) is 3.14. The molecule has 0 saturated carbocycles. The van der Waals surface area contributed by atoms with E-state index in [0.717, 1.165) is 5.56 Å². The number of esters is 1. The molecule has 80 valence electrons. The standard InChI is InChI=1S/C11H13NO3/c1-7(11(14)15-2)5-8-3-4-10(13)9(12)6-8/h3-6,13H,12H2,1-2H3. The number of carbonyl (C=O) groups is 1. The summed E-state index contributed by atoms with van der Waals surface area (Å²) < 4.78 is 4.55. The van der Waals surface area contributed by atoms with Gasteiger partial charge in [0.2, 0.25) is 0 Å². The highest BCUT2D eigenvalue weighted by Crippen LogP contribution is 2.21. The van der Waals surface area contributed by atoms with Crippen molar-refractivity contribution < 1.29 is 14.6 Å². The van der Waals surface area contributed by atoms with E-state index in [-0.39, 0.29) is 17.4 Å². The van der Waals surface area contributed by atoms with E-state index in [1.54, 1.807) is 25.1 Å². The summed E-state index contributed by atoms with van der Waals surface area (Å²) in [6.07, 6.45) is 1.64. The number of nitrogen functional groups attached to an aromatic ring is 1. The number of methoxy groups -OCH3 is 1. The minimum Gasteiger partial charge on any atom is -0.506 e. The summed E-state index contributed by atoms with van der Waals surface area (Å²) >= 11 is 0. The first-order valence-corrected chi connectivity index (χ1v) is 4.39. The van der Waals surface area contributed by atoms with Gasteiger partial charge in [0.15, 0.2) is 0 Å². The van der Waals surface area contributed by atoms with Gasteiger partial charge < -0.3 is 15.6 Å². The van der Waals surface area contributed by atoms with Crippen molar-refractivity contribution in [1.29, 1.82) is 0 Å². The number of anilines is 1. The summed E-state index contributed by atoms with van der Waals surface area (Å²) in [5.74, 6) is -0.357. The zero-order valence-corrected chi connectivity index (χ0v) is 8.65. The highest BCUT2D eigenvalue weighted by atomic mass is 16.5. The molecule has 0 fully saturated rings. The number of benzene rings is 1. The number of phenolic OH excluding ortho intramolecular Hbond substituents is 1. The van der Waals surface area contributed by atoms with Crippen LogP contribution in [0.1, 0.15) is 12.5 Å². The highest BCUT2D eigenvalue weighted by Gasteiger charge is 2.03. The van der Waals surface area contributed by atoms with Crippen molar-refractivity contribution in [1.82, 2.24) is 0 Å². The lowest BCUT2D eigenvalue weighted by Crippen LogP contribution is -2.01. The van der Waals surface area contributed by atoms with Crippen molar-refractivity contribution in [2.24, 2.45) is 0 Å². The fraction of sp³-hybridized carbons (Fsp3) is 0.182. The number of carbonyl (C=O) groups excluding carboxylic acids is 1. The first-order chi connectivity index (χ1) is 7.04. The van der Waals surface area contributed by atoms with Crippen molar-refractivity contribution in [3.05, 3.63) is 29.3 Å². The number of hydrogen-bond acceptors (Lipinski definition) is 4. The van der Waals surface area contributed by atoms with E-state index in [9.17, 15) is 9.90 Å². The van der Waals surface area contributed by atoms with Crippen molar-refractivity contribution in [2.45, 2.75) is 6.92 Å². The monoisotopic (exact) mass is 207 g/mol. The van der Waals surface area contributed by atoms with Crippen LogP contribution in [0.15, 0.2) is 23.8 Å². The average molecular weight is 207 g/mol. The number of rotatable bonds is 2. The van der Waals surface area contributed by atoms with Gasteiger partial charge in [0.25, 0.3) is 0 Å². The average Bonchev–Trinajstić information content (AvgIpc) is 2.22. The lowest BCUT2D eigenvalue weighted by atomic mass is 10.1. The number of ether oxygens (including phenoxy) is 1. The molecule has 0 unspecified atom stereocenters. The van der Waals surface area contributed by atoms with Crippen LogP contribution in [0.5, 0.6) is 5.75 Å². The molecule has 0 aromatic heterocycles. The first-order valence-electron chi connectivity index (χ1n) is 4.39. The summed E-state index contributed by atoms with van der Waals surface area (Å²) in [6.45, 7) is 1.65. The van der Waals surface area contributed by atoms with Crippen molar-refractivity contribution >= 4 is 17.7 Å². The number of aromatic hydroxyl groups is 1. The molecule has 0 amide bonds. The van der Waals surface area contributed by atoms with E-state index in [1.165, 1.54) is 13.2 Å². The lowest BCUT2D eigenvalue weighted by Gasteiger charge is -2.01. The van der Waals surface area contributed by atoms with E-state index in [2.05, 4.69) is 4.74 Å². The van der Waals surface area contributed by atoms with Crippen LogP contribution >= 0.6 is 0 Å². The Morgan fingerprint density at radius 3 is 2.73 bits per heavy atom. The minimum absolute atomic E-state index is 0.0304. The topological polar surface area (TPSA) is 72.5 Å². The molecule has 1 aromatic rings. The molecule has 0 aliphatic heterocycles. The zero-order valence-electron chi connectivity index (χ0n) is 8.65. The zero-order chi connectivity index (χ0) is 11.4. The predicted octanol–water partition coefficient (Wildman–Crippen LogP) is 1.55. The van der Waals surface area contributed by atoms with Gasteiger partial charge in [-0.25, -0.2) is 4.79 Å². The Labute approximate surface area is 88.0 Å². The third kappa shape index (κ3) is 2.74. The Morgan fingerprint density at radius 1 is 1.53 bits per heavy atom. The second-order valence-corrected chi connectivity index (χ2v) is 3.14. The Kier molecular flexibility index (Phi) is 3.33. The van der Waals surface area contributed by atoms with E-state index < -0.39 is 0 Å². The number of nitrogens with two attached hydrogens (primary N) is 1. The summed E-state index contributed by atoms with van der Waals surface area (Å²) in [5.41, 5.74) is 7.01. The summed E-state index contributed by atoms with van der Waals surface area (Å²) in [7, 11) is 1.32. The molecule has 0 aliphatic carbocycles. The molecule has 1 aromatic carbocycles. The van der Waals surface area contributed by atoms with E-state index in [0.29, 0.717) is 5.57 Å². The first kappa shape index (κ1) is 11.1. The van der Waals surface area contributed by atoms with Gasteiger partial charge in [0.1, 0.15) is 5.75 Å². The fourth-order valence-electron chi connectivity index (χ4n) is 1.13. The molecule has 0 aliphatic rings. The highest BCUT2D eigenvalue weighted by molar-refractivity contribution is 5.93. The van der Waals surface area contributed by atoms with Gasteiger partial charge in [-0.3, -0.25) is 0 Å². The number of hydrogen-bond donors (Lipinski definition) is 2. The normalized spacial score (nSPS) is 11.2. The lowest BCUT2D eigenvalue weighted by molar-refractivity contribution is -0.135. The molecule has 0 spiro atoms. The van der Waals surface area contributed by atoms with Crippen molar-refractivity contribution in [2.75, 3.05) is 12.8 Å². The molecule has 0 bridgehead atoms. The van der Waals surface area contributed by atoms with Crippen molar-refractivity contribution in [3.8, 4) is 5.75 Å². The van der Waals surface area contributed by atoms with Crippen LogP contribution in [0, 0.1) is 0 Å². The Hall–Kier alpha value is -1.97. The van der Waals surface area contributed by atoms with Gasteiger partial charge in [-0.1, -0.05) is 6.07 Å². The van der Waals surface area contributed by atoms with Gasteiger partial charge in [0.05, 0.1) is 12.8 Å². The maximum absolute atomic E-state index is 11.1. The predicted molar refractivity (Wildman–Crippen MR) is 58.2 cm³/mol. The van der Waals surface area contributed by atoms with Gasteiger partial charge >= 0.3 is 5.97 Å². The molecule has 0 atom stereocenters. The Morgan fingerprint density at radius 2 is 2.20 bits per heavy atom. The largest absolute Gasteiger partial charge is 0.506 e. The summed E-state index contributed by atoms with van der Waals surface area (Å²) in [6, 6.07) is 4.73. The smallest absolute Gasteiger partial charge is 0.333 e. The maximum Gasteiger partial charge on any atom is 0.333 e.